The molecule has 11 heavy (non-hydrogen) atoms. The molecule has 0 fully saturated rings. The summed E-state index contributed by atoms with van der Waals surface area (Å²) >= 11 is 0. The maximum absolute atomic E-state index is 11.0. The summed E-state index contributed by atoms with van der Waals surface area (Å²) in [6.45, 7) is 0. The van der Waals surface area contributed by atoms with Crippen LogP contribution in [-0.4, -0.2) is 16.0 Å². The summed E-state index contributed by atoms with van der Waals surface area (Å²) < 4.78 is 0. The minimum absolute atomic E-state index is 0.263. The third-order valence-corrected chi connectivity index (χ3v) is 1.61. The molecule has 0 saturated heterocycles. The minimum Gasteiger partial charge on any atom is -0.368 e. The van der Waals surface area contributed by atoms with Gasteiger partial charge in [0.1, 0.15) is 5.69 Å². The molecule has 1 aliphatic heterocycles. The van der Waals surface area contributed by atoms with Gasteiger partial charge < -0.3 is 10.4 Å². The molecule has 2 rings (SSSR count). The van der Waals surface area contributed by atoms with E-state index in [0.29, 0.717) is 11.3 Å². The van der Waals surface area contributed by atoms with Gasteiger partial charge in [-0.3, -0.25) is 9.78 Å². The van der Waals surface area contributed by atoms with E-state index < -0.39 is 6.23 Å². The minimum atomic E-state index is -0.932. The number of rotatable bonds is 0. The van der Waals surface area contributed by atoms with E-state index in [4.69, 9.17) is 5.11 Å². The molecule has 4 nitrogen and oxygen atoms in total. The zero-order valence-corrected chi connectivity index (χ0v) is 5.61. The van der Waals surface area contributed by atoms with Gasteiger partial charge in [0.15, 0.2) is 6.23 Å². The van der Waals surface area contributed by atoms with Crippen LogP contribution in [0, 0.1) is 0 Å². The second kappa shape index (κ2) is 2.03. The maximum Gasteiger partial charge on any atom is 0.255 e. The van der Waals surface area contributed by atoms with Gasteiger partial charge in [-0.2, -0.15) is 0 Å². The number of pyridine rings is 1. The molecule has 2 N–H and O–H groups in total. The first-order chi connectivity index (χ1) is 5.29. The average Bonchev–Trinajstić information content (AvgIpc) is 2.30. The Morgan fingerprint density at radius 2 is 2.45 bits per heavy atom. The van der Waals surface area contributed by atoms with Crippen molar-refractivity contribution in [2.24, 2.45) is 0 Å². The van der Waals surface area contributed by atoms with Crippen molar-refractivity contribution in [3.63, 3.8) is 0 Å². The highest BCUT2D eigenvalue weighted by atomic mass is 16.3. The smallest absolute Gasteiger partial charge is 0.255 e. The summed E-state index contributed by atoms with van der Waals surface area (Å²) in [6.07, 6.45) is 0.612. The molecule has 1 aliphatic rings. The van der Waals surface area contributed by atoms with Gasteiger partial charge in [-0.05, 0) is 12.1 Å². The van der Waals surface area contributed by atoms with E-state index in [1.807, 2.05) is 0 Å². The Morgan fingerprint density at radius 1 is 1.64 bits per heavy atom. The van der Waals surface area contributed by atoms with Crippen molar-refractivity contribution in [2.45, 2.75) is 6.23 Å². The Bertz CT molecular complexity index is 311. The zero-order valence-electron chi connectivity index (χ0n) is 5.61. The van der Waals surface area contributed by atoms with Crippen LogP contribution in [-0.2, 0) is 0 Å². The number of nitrogens with zero attached hydrogens (tertiary/aromatic N) is 1. The largest absolute Gasteiger partial charge is 0.368 e. The van der Waals surface area contributed by atoms with Crippen LogP contribution in [0.2, 0.25) is 0 Å². The van der Waals surface area contributed by atoms with Gasteiger partial charge in [-0.25, -0.2) is 0 Å². The summed E-state index contributed by atoms with van der Waals surface area (Å²) in [5.41, 5.74) is 0.873. The predicted octanol–water partition coefficient (Wildman–Crippen LogP) is -0.184. The Labute approximate surface area is 62.9 Å². The molecule has 56 valence electrons. The van der Waals surface area contributed by atoms with Crippen LogP contribution in [0.15, 0.2) is 18.3 Å². The highest BCUT2D eigenvalue weighted by Crippen LogP contribution is 2.19. The molecule has 2 heterocycles. The van der Waals surface area contributed by atoms with Gasteiger partial charge in [0.2, 0.25) is 0 Å². The lowest BCUT2D eigenvalue weighted by molar-refractivity contribution is 0.0846. The summed E-state index contributed by atoms with van der Waals surface area (Å²) in [5.74, 6) is -0.263. The molecule has 1 aromatic heterocycles. The monoisotopic (exact) mass is 150 g/mol. The molecular formula is C7H6N2O2. The molecule has 4 heteroatoms. The van der Waals surface area contributed by atoms with E-state index in [1.54, 1.807) is 18.3 Å². The van der Waals surface area contributed by atoms with Crippen molar-refractivity contribution in [3.05, 3.63) is 29.6 Å². The van der Waals surface area contributed by atoms with Gasteiger partial charge in [0, 0.05) is 6.20 Å². The standard InChI is InChI=1S/C7H6N2O2/c10-6-4-2-1-3-8-5(4)7(11)9-6/h1-3,7,11H,(H,9,10). The van der Waals surface area contributed by atoms with Crippen LogP contribution in [0.25, 0.3) is 0 Å². The second-order valence-corrected chi connectivity index (χ2v) is 2.31. The van der Waals surface area contributed by atoms with Crippen LogP contribution in [0.1, 0.15) is 22.3 Å². The molecule has 0 bridgehead atoms. The molecular weight excluding hydrogens is 144 g/mol. The molecule has 1 atom stereocenters. The van der Waals surface area contributed by atoms with E-state index >= 15 is 0 Å². The van der Waals surface area contributed by atoms with Gasteiger partial charge in [0.25, 0.3) is 5.91 Å². The summed E-state index contributed by atoms with van der Waals surface area (Å²) in [5, 5.41) is 11.5. The Morgan fingerprint density at radius 3 is 3.18 bits per heavy atom. The van der Waals surface area contributed by atoms with E-state index in [1.165, 1.54) is 0 Å². The fourth-order valence-electron chi connectivity index (χ4n) is 1.10. The van der Waals surface area contributed by atoms with Crippen LogP contribution in [0.3, 0.4) is 0 Å². The van der Waals surface area contributed by atoms with Crippen molar-refractivity contribution in [3.8, 4) is 0 Å². The number of fused-ring (bicyclic) bond motifs is 1. The highest BCUT2D eigenvalue weighted by molar-refractivity contribution is 5.98. The van der Waals surface area contributed by atoms with E-state index in [9.17, 15) is 4.79 Å². The molecule has 0 aromatic carbocycles. The number of aromatic nitrogens is 1. The predicted molar refractivity (Wildman–Crippen MR) is 36.7 cm³/mol. The SMILES string of the molecule is O=C1NC(O)c2ncccc21. The number of nitrogens with one attached hydrogen (secondary N) is 1. The van der Waals surface area contributed by atoms with Crippen molar-refractivity contribution in [1.82, 2.24) is 10.3 Å². The molecule has 1 aromatic rings. The van der Waals surface area contributed by atoms with Gasteiger partial charge in [-0.1, -0.05) is 0 Å². The van der Waals surface area contributed by atoms with Crippen molar-refractivity contribution in [2.75, 3.05) is 0 Å². The molecule has 1 unspecified atom stereocenters. The van der Waals surface area contributed by atoms with Gasteiger partial charge >= 0.3 is 0 Å². The third-order valence-electron chi connectivity index (χ3n) is 1.61. The number of hydrogen-bond donors (Lipinski definition) is 2. The van der Waals surface area contributed by atoms with Crippen molar-refractivity contribution < 1.29 is 9.90 Å². The molecule has 0 saturated carbocycles. The van der Waals surface area contributed by atoms with Crippen LogP contribution >= 0.6 is 0 Å². The number of carbonyl (C=O) groups excluding carboxylic acids is 1. The maximum atomic E-state index is 11.0. The lowest BCUT2D eigenvalue weighted by atomic mass is 10.2. The summed E-state index contributed by atoms with van der Waals surface area (Å²) in [7, 11) is 0. The zero-order chi connectivity index (χ0) is 7.84. The normalized spacial score (nSPS) is 21.2. The number of amides is 1. The lowest BCUT2D eigenvalue weighted by Gasteiger charge is -1.98. The Hall–Kier alpha value is -1.42. The molecule has 0 aliphatic carbocycles. The van der Waals surface area contributed by atoms with E-state index in [0.717, 1.165) is 0 Å². The number of hydrogen-bond acceptors (Lipinski definition) is 3. The van der Waals surface area contributed by atoms with Crippen LogP contribution in [0.5, 0.6) is 0 Å². The molecule has 0 radical (unpaired) electrons. The highest BCUT2D eigenvalue weighted by Gasteiger charge is 2.27. The first-order valence-electron chi connectivity index (χ1n) is 3.23. The summed E-state index contributed by atoms with van der Waals surface area (Å²) in [4.78, 5) is 14.8. The fraction of sp³-hybridized carbons (Fsp3) is 0.143. The second-order valence-electron chi connectivity index (χ2n) is 2.31. The Balaban J connectivity index is 2.60. The topological polar surface area (TPSA) is 62.2 Å². The quantitative estimate of drug-likeness (QED) is 0.539. The van der Waals surface area contributed by atoms with Crippen LogP contribution in [0.4, 0.5) is 0 Å². The first kappa shape index (κ1) is 6.30. The number of aliphatic hydroxyl groups is 1. The van der Waals surface area contributed by atoms with Crippen molar-refractivity contribution in [1.29, 1.82) is 0 Å². The summed E-state index contributed by atoms with van der Waals surface area (Å²) in [6, 6.07) is 3.30. The average molecular weight is 150 g/mol. The molecule has 0 spiro atoms. The Kier molecular flexibility index (Phi) is 1.16. The lowest BCUT2D eigenvalue weighted by Crippen LogP contribution is -2.18. The van der Waals surface area contributed by atoms with Crippen molar-refractivity contribution >= 4 is 5.91 Å². The molecule has 1 amide bonds. The van der Waals surface area contributed by atoms with Gasteiger partial charge in [-0.15, -0.1) is 0 Å². The van der Waals surface area contributed by atoms with E-state index in [2.05, 4.69) is 10.3 Å². The number of aliphatic hydroxyl groups excluding tert-OH is 1. The number of carbonyl (C=O) groups is 1. The third kappa shape index (κ3) is 0.798. The fourth-order valence-corrected chi connectivity index (χ4v) is 1.10. The first-order valence-corrected chi connectivity index (χ1v) is 3.23. The van der Waals surface area contributed by atoms with Crippen LogP contribution < -0.4 is 5.32 Å². The van der Waals surface area contributed by atoms with E-state index in [-0.39, 0.29) is 5.91 Å². The van der Waals surface area contributed by atoms with Gasteiger partial charge in [0.05, 0.1) is 5.56 Å².